The number of sulfonamides is 1. The molecule has 2 heterocycles. The summed E-state index contributed by atoms with van der Waals surface area (Å²) in [5.41, 5.74) is 0. The topological polar surface area (TPSA) is 82.9 Å². The number of rotatable bonds is 6. The largest absolute Gasteiger partial charge is 0.468 e. The molecule has 0 radical (unpaired) electrons. The highest BCUT2D eigenvalue weighted by atomic mass is 32.2. The minimum Gasteiger partial charge on any atom is -0.468 e. The number of piperazine rings is 1. The molecular weight excluding hydrogens is 392 g/mol. The summed E-state index contributed by atoms with van der Waals surface area (Å²) in [5, 5.41) is 3.05. The van der Waals surface area contributed by atoms with Crippen molar-refractivity contribution in [3.05, 3.63) is 54.0 Å². The van der Waals surface area contributed by atoms with E-state index in [1.54, 1.807) is 18.4 Å². The van der Waals surface area contributed by atoms with Gasteiger partial charge in [-0.1, -0.05) is 6.07 Å². The van der Waals surface area contributed by atoms with E-state index in [0.29, 0.717) is 5.76 Å². The molecule has 1 aliphatic rings. The fourth-order valence-corrected chi connectivity index (χ4v) is 4.56. The standard InChI is InChI=1S/C18H21F2N3O4S/c1-13(16-6-3-11-27-16)21-12-17(24)22-7-9-23(10-8-22)28(25,26)18-14(19)4-2-5-15(18)20/h2-6,11,13,21H,7-10,12H2,1H3/t13-/m0/s1. The SMILES string of the molecule is C[C@H](NCC(=O)N1CCN(S(=O)(=O)c2c(F)cccc2F)CC1)c1ccco1. The minimum absolute atomic E-state index is 0.0322. The van der Waals surface area contributed by atoms with Crippen LogP contribution in [0.2, 0.25) is 0 Å². The molecule has 1 fully saturated rings. The van der Waals surface area contributed by atoms with E-state index in [1.165, 1.54) is 4.90 Å². The number of carbonyl (C=O) groups is 1. The van der Waals surface area contributed by atoms with Gasteiger partial charge in [0.1, 0.15) is 17.4 Å². The molecule has 10 heteroatoms. The van der Waals surface area contributed by atoms with Gasteiger partial charge in [-0.3, -0.25) is 10.1 Å². The molecule has 0 saturated carbocycles. The molecule has 1 aliphatic heterocycles. The summed E-state index contributed by atoms with van der Waals surface area (Å²) in [6.45, 7) is 2.15. The molecule has 1 N–H and O–H groups in total. The molecule has 0 bridgehead atoms. The summed E-state index contributed by atoms with van der Waals surface area (Å²) in [7, 11) is -4.31. The normalized spacial score (nSPS) is 16.9. The zero-order valence-corrected chi connectivity index (χ0v) is 16.1. The van der Waals surface area contributed by atoms with E-state index in [0.717, 1.165) is 22.5 Å². The summed E-state index contributed by atoms with van der Waals surface area (Å²) in [6, 6.07) is 6.32. The molecule has 0 aliphatic carbocycles. The van der Waals surface area contributed by atoms with E-state index in [2.05, 4.69) is 5.32 Å². The first-order chi connectivity index (χ1) is 13.3. The van der Waals surface area contributed by atoms with Crippen molar-refractivity contribution in [3.8, 4) is 0 Å². The predicted octanol–water partition coefficient (Wildman–Crippen LogP) is 1.74. The number of furan rings is 1. The van der Waals surface area contributed by atoms with Gasteiger partial charge in [0.15, 0.2) is 4.90 Å². The van der Waals surface area contributed by atoms with Crippen LogP contribution in [0.4, 0.5) is 8.78 Å². The van der Waals surface area contributed by atoms with Crippen molar-refractivity contribution in [3.63, 3.8) is 0 Å². The van der Waals surface area contributed by atoms with Crippen LogP contribution in [0.3, 0.4) is 0 Å². The molecule has 28 heavy (non-hydrogen) atoms. The Kier molecular flexibility index (Phi) is 6.11. The second kappa shape index (κ2) is 8.38. The van der Waals surface area contributed by atoms with Crippen LogP contribution in [-0.2, 0) is 14.8 Å². The fraction of sp³-hybridized carbons (Fsp3) is 0.389. The number of nitrogens with zero attached hydrogens (tertiary/aromatic N) is 2. The fourth-order valence-electron chi connectivity index (χ4n) is 3.03. The first-order valence-corrected chi connectivity index (χ1v) is 10.2. The molecule has 1 aromatic carbocycles. The smallest absolute Gasteiger partial charge is 0.249 e. The maximum atomic E-state index is 13.9. The molecule has 1 aromatic heterocycles. The summed E-state index contributed by atoms with van der Waals surface area (Å²) in [5.74, 6) is -1.74. The monoisotopic (exact) mass is 413 g/mol. The highest BCUT2D eigenvalue weighted by molar-refractivity contribution is 7.89. The molecule has 0 unspecified atom stereocenters. The molecule has 2 aromatic rings. The van der Waals surface area contributed by atoms with Crippen molar-refractivity contribution in [2.75, 3.05) is 32.7 Å². The number of hydrogen-bond donors (Lipinski definition) is 1. The average Bonchev–Trinajstić information content (AvgIpc) is 3.20. The molecule has 3 rings (SSSR count). The summed E-state index contributed by atoms with van der Waals surface area (Å²) < 4.78 is 59.1. The van der Waals surface area contributed by atoms with Crippen molar-refractivity contribution < 1.29 is 26.4 Å². The second-order valence-corrected chi connectivity index (χ2v) is 8.33. The van der Waals surface area contributed by atoms with Crippen LogP contribution in [-0.4, -0.2) is 56.3 Å². The Bertz CT molecular complexity index is 906. The third kappa shape index (κ3) is 4.23. The number of amides is 1. The van der Waals surface area contributed by atoms with E-state index in [4.69, 9.17) is 4.42 Å². The van der Waals surface area contributed by atoms with Crippen molar-refractivity contribution in [2.24, 2.45) is 0 Å². The lowest BCUT2D eigenvalue weighted by molar-refractivity contribution is -0.131. The van der Waals surface area contributed by atoms with Gasteiger partial charge in [0.2, 0.25) is 15.9 Å². The molecular formula is C18H21F2N3O4S. The van der Waals surface area contributed by atoms with Gasteiger partial charge in [-0.05, 0) is 31.2 Å². The first-order valence-electron chi connectivity index (χ1n) is 8.79. The van der Waals surface area contributed by atoms with Gasteiger partial charge < -0.3 is 9.32 Å². The minimum atomic E-state index is -4.31. The second-order valence-electron chi connectivity index (χ2n) is 6.45. The maximum absolute atomic E-state index is 13.9. The molecule has 152 valence electrons. The Morgan fingerprint density at radius 2 is 1.79 bits per heavy atom. The van der Waals surface area contributed by atoms with Crippen molar-refractivity contribution in [1.82, 2.24) is 14.5 Å². The lowest BCUT2D eigenvalue weighted by Crippen LogP contribution is -2.52. The van der Waals surface area contributed by atoms with Gasteiger partial charge in [-0.25, -0.2) is 17.2 Å². The van der Waals surface area contributed by atoms with E-state index in [1.807, 2.05) is 6.92 Å². The lowest BCUT2D eigenvalue weighted by atomic mass is 10.2. The first kappa shape index (κ1) is 20.4. The van der Waals surface area contributed by atoms with Gasteiger partial charge in [-0.15, -0.1) is 0 Å². The Labute approximate surface area is 162 Å². The number of nitrogens with one attached hydrogen (secondary N) is 1. The van der Waals surface area contributed by atoms with Crippen LogP contribution in [0.5, 0.6) is 0 Å². The molecule has 0 spiro atoms. The van der Waals surface area contributed by atoms with Gasteiger partial charge in [0.05, 0.1) is 18.8 Å². The van der Waals surface area contributed by atoms with Crippen molar-refractivity contribution >= 4 is 15.9 Å². The Morgan fingerprint density at radius 3 is 2.36 bits per heavy atom. The van der Waals surface area contributed by atoms with E-state index in [9.17, 15) is 22.0 Å². The predicted molar refractivity (Wildman–Crippen MR) is 96.8 cm³/mol. The molecule has 7 nitrogen and oxygen atoms in total. The van der Waals surface area contributed by atoms with Gasteiger partial charge in [-0.2, -0.15) is 4.31 Å². The number of halogens is 2. The summed E-state index contributed by atoms with van der Waals surface area (Å²) in [6.07, 6.45) is 1.55. The van der Waals surface area contributed by atoms with Crippen LogP contribution in [0.15, 0.2) is 45.9 Å². The van der Waals surface area contributed by atoms with Crippen molar-refractivity contribution in [1.29, 1.82) is 0 Å². The number of benzene rings is 1. The third-order valence-electron chi connectivity index (χ3n) is 4.64. The van der Waals surface area contributed by atoms with Crippen molar-refractivity contribution in [2.45, 2.75) is 17.9 Å². The van der Waals surface area contributed by atoms with Crippen LogP contribution in [0.25, 0.3) is 0 Å². The highest BCUT2D eigenvalue weighted by Gasteiger charge is 2.34. The van der Waals surface area contributed by atoms with Crippen LogP contribution < -0.4 is 5.32 Å². The zero-order chi connectivity index (χ0) is 20.3. The molecule has 1 saturated heterocycles. The van der Waals surface area contributed by atoms with Gasteiger partial charge in [0, 0.05) is 26.2 Å². The van der Waals surface area contributed by atoms with Crippen LogP contribution >= 0.6 is 0 Å². The molecule has 1 amide bonds. The van der Waals surface area contributed by atoms with E-state index < -0.39 is 26.6 Å². The third-order valence-corrected chi connectivity index (χ3v) is 6.59. The van der Waals surface area contributed by atoms with Gasteiger partial charge >= 0.3 is 0 Å². The zero-order valence-electron chi connectivity index (χ0n) is 15.3. The Balaban J connectivity index is 1.57. The lowest BCUT2D eigenvalue weighted by Gasteiger charge is -2.34. The Hall–Kier alpha value is -2.30. The van der Waals surface area contributed by atoms with Crippen LogP contribution in [0, 0.1) is 11.6 Å². The summed E-state index contributed by atoms with van der Waals surface area (Å²) >= 11 is 0. The number of hydrogen-bond acceptors (Lipinski definition) is 5. The van der Waals surface area contributed by atoms with E-state index in [-0.39, 0.29) is 44.7 Å². The highest BCUT2D eigenvalue weighted by Crippen LogP contribution is 2.23. The van der Waals surface area contributed by atoms with Gasteiger partial charge in [0.25, 0.3) is 0 Å². The quantitative estimate of drug-likeness (QED) is 0.780. The number of carbonyl (C=O) groups excluding carboxylic acids is 1. The maximum Gasteiger partial charge on any atom is 0.249 e. The molecule has 1 atom stereocenters. The summed E-state index contributed by atoms with van der Waals surface area (Å²) in [4.78, 5) is 12.9. The van der Waals surface area contributed by atoms with Crippen LogP contribution in [0.1, 0.15) is 18.7 Å². The average molecular weight is 413 g/mol. The van der Waals surface area contributed by atoms with E-state index >= 15 is 0 Å². The Morgan fingerprint density at radius 1 is 1.14 bits per heavy atom.